The Labute approximate surface area is 68.4 Å². The summed E-state index contributed by atoms with van der Waals surface area (Å²) < 4.78 is 0. The fraction of sp³-hybridized carbons (Fsp3) is 0.625. The minimum Gasteiger partial charge on any atom is -0.345 e. The Kier molecular flexibility index (Phi) is 3.82. The Balaban J connectivity index is 4.24. The maximum atomic E-state index is 7.32. The van der Waals surface area contributed by atoms with Crippen molar-refractivity contribution in [3.05, 3.63) is 11.6 Å². The van der Waals surface area contributed by atoms with Crippen LogP contribution >= 0.6 is 0 Å². The number of amidine groups is 1. The Hall–Kier alpha value is -0.830. The average molecular weight is 155 g/mol. The van der Waals surface area contributed by atoms with Crippen molar-refractivity contribution in [1.82, 2.24) is 4.90 Å². The monoisotopic (exact) mass is 155 g/mol. The molecule has 0 bridgehead atoms. The number of likely N-dealkylation sites (N-methyl/N-ethyl adjacent to an activating group) is 1. The summed E-state index contributed by atoms with van der Waals surface area (Å²) in [6.45, 7) is 5.63. The molecule has 0 aromatic rings. The minimum absolute atomic E-state index is 0.155. The molecule has 0 amide bonds. The van der Waals surface area contributed by atoms with Crippen molar-refractivity contribution in [3.8, 4) is 0 Å². The number of hydrogen-bond donors (Lipinski definition) is 2. The van der Waals surface area contributed by atoms with Gasteiger partial charge in [0.25, 0.3) is 0 Å². The Morgan fingerprint density at radius 1 is 1.55 bits per heavy atom. The molecular weight excluding hydrogens is 138 g/mol. The van der Waals surface area contributed by atoms with Crippen molar-refractivity contribution in [3.63, 3.8) is 0 Å². The van der Waals surface area contributed by atoms with E-state index in [1.807, 2.05) is 27.0 Å². The summed E-state index contributed by atoms with van der Waals surface area (Å²) in [7, 11) is 1.82. The van der Waals surface area contributed by atoms with E-state index in [2.05, 4.69) is 0 Å². The molecule has 0 heterocycles. The lowest BCUT2D eigenvalue weighted by molar-refractivity contribution is 0.414. The lowest BCUT2D eigenvalue weighted by Crippen LogP contribution is -2.42. The van der Waals surface area contributed by atoms with Gasteiger partial charge in [-0.25, -0.2) is 0 Å². The van der Waals surface area contributed by atoms with Gasteiger partial charge in [-0.1, -0.05) is 6.08 Å². The van der Waals surface area contributed by atoms with Crippen molar-refractivity contribution in [1.29, 1.82) is 5.41 Å². The van der Waals surface area contributed by atoms with E-state index in [0.29, 0.717) is 5.84 Å². The van der Waals surface area contributed by atoms with E-state index in [0.717, 1.165) is 5.57 Å². The molecule has 64 valence electrons. The van der Waals surface area contributed by atoms with Crippen molar-refractivity contribution >= 4 is 5.84 Å². The first kappa shape index (κ1) is 10.2. The third-order valence-electron chi connectivity index (χ3n) is 1.87. The lowest BCUT2D eigenvalue weighted by Gasteiger charge is -2.25. The number of allylic oxidation sites excluding steroid dienone is 1. The van der Waals surface area contributed by atoms with Gasteiger partial charge in [0.05, 0.1) is 12.0 Å². The summed E-state index contributed by atoms with van der Waals surface area (Å²) in [5, 5.41) is 7.32. The van der Waals surface area contributed by atoms with E-state index >= 15 is 0 Å². The lowest BCUT2D eigenvalue weighted by atomic mass is 10.2. The van der Waals surface area contributed by atoms with Crippen LogP contribution in [-0.4, -0.2) is 23.9 Å². The van der Waals surface area contributed by atoms with E-state index in [9.17, 15) is 0 Å². The number of nitrogens with two attached hydrogens (primary N) is 1. The number of rotatable bonds is 2. The van der Waals surface area contributed by atoms with Crippen LogP contribution in [0.3, 0.4) is 0 Å². The van der Waals surface area contributed by atoms with Crippen LogP contribution in [0.25, 0.3) is 0 Å². The van der Waals surface area contributed by atoms with Gasteiger partial charge >= 0.3 is 0 Å². The van der Waals surface area contributed by atoms with Gasteiger partial charge in [-0.3, -0.25) is 5.41 Å². The van der Waals surface area contributed by atoms with E-state index < -0.39 is 0 Å². The highest BCUT2D eigenvalue weighted by Crippen LogP contribution is 2.02. The maximum absolute atomic E-state index is 7.32. The maximum Gasteiger partial charge on any atom is 0.0995 e. The zero-order valence-corrected chi connectivity index (χ0v) is 7.68. The number of hydrogen-bond acceptors (Lipinski definition) is 2. The molecule has 1 unspecified atom stereocenters. The van der Waals surface area contributed by atoms with Crippen molar-refractivity contribution < 1.29 is 0 Å². The molecule has 0 aromatic carbocycles. The van der Waals surface area contributed by atoms with Crippen molar-refractivity contribution in [2.75, 3.05) is 7.05 Å². The van der Waals surface area contributed by atoms with Crippen LogP contribution in [0.2, 0.25) is 0 Å². The fourth-order valence-electron chi connectivity index (χ4n) is 0.685. The highest BCUT2D eigenvalue weighted by Gasteiger charge is 2.09. The predicted molar refractivity (Wildman–Crippen MR) is 48.6 cm³/mol. The van der Waals surface area contributed by atoms with Gasteiger partial charge in [0.15, 0.2) is 0 Å². The summed E-state index contributed by atoms with van der Waals surface area (Å²) in [5.41, 5.74) is 6.87. The van der Waals surface area contributed by atoms with Gasteiger partial charge in [-0.15, -0.1) is 0 Å². The molecule has 0 fully saturated rings. The van der Waals surface area contributed by atoms with E-state index in [1.54, 1.807) is 11.8 Å². The first-order valence-corrected chi connectivity index (χ1v) is 3.67. The molecule has 1 atom stereocenters. The second kappa shape index (κ2) is 4.13. The van der Waals surface area contributed by atoms with E-state index in [4.69, 9.17) is 11.1 Å². The normalized spacial score (nSPS) is 14.5. The zero-order chi connectivity index (χ0) is 9.02. The molecule has 0 rings (SSSR count). The van der Waals surface area contributed by atoms with Gasteiger partial charge in [-0.2, -0.15) is 0 Å². The van der Waals surface area contributed by atoms with Crippen LogP contribution in [0, 0.1) is 5.41 Å². The molecule has 3 nitrogen and oxygen atoms in total. The summed E-state index contributed by atoms with van der Waals surface area (Å²) in [4.78, 5) is 1.73. The van der Waals surface area contributed by atoms with Crippen molar-refractivity contribution in [2.24, 2.45) is 5.73 Å². The Morgan fingerprint density at radius 2 is 2.00 bits per heavy atom. The fourth-order valence-corrected chi connectivity index (χ4v) is 0.685. The molecule has 0 saturated carbocycles. The molecule has 3 heteroatoms. The summed E-state index contributed by atoms with van der Waals surface area (Å²) >= 11 is 0. The zero-order valence-electron chi connectivity index (χ0n) is 7.68. The molecule has 3 N–H and O–H groups in total. The molecule has 0 aromatic heterocycles. The van der Waals surface area contributed by atoms with Gasteiger partial charge in [-0.05, 0) is 26.3 Å². The molecule has 11 heavy (non-hydrogen) atoms. The molecule has 0 aliphatic rings. The van der Waals surface area contributed by atoms with Crippen LogP contribution in [0.1, 0.15) is 20.8 Å². The van der Waals surface area contributed by atoms with Crippen molar-refractivity contribution in [2.45, 2.75) is 26.9 Å². The molecule has 0 aliphatic heterocycles. The molecular formula is C8H17N3. The van der Waals surface area contributed by atoms with E-state index in [1.165, 1.54) is 0 Å². The average Bonchev–Trinajstić information content (AvgIpc) is 2.00. The number of nitrogens with one attached hydrogen (secondary N) is 1. The molecule has 0 radical (unpaired) electrons. The molecule has 0 saturated heterocycles. The Bertz CT molecular complexity index is 172. The second-order valence-electron chi connectivity index (χ2n) is 2.67. The third kappa shape index (κ3) is 2.72. The first-order valence-electron chi connectivity index (χ1n) is 3.67. The SMILES string of the molecule is C/C=C(/C)C(N)N(C)C(C)=N. The summed E-state index contributed by atoms with van der Waals surface area (Å²) in [6, 6.07) is 0. The van der Waals surface area contributed by atoms with E-state index in [-0.39, 0.29) is 6.17 Å². The van der Waals surface area contributed by atoms with Gasteiger partial charge in [0.2, 0.25) is 0 Å². The second-order valence-corrected chi connectivity index (χ2v) is 2.67. The Morgan fingerprint density at radius 3 is 2.27 bits per heavy atom. The minimum atomic E-state index is -0.155. The predicted octanol–water partition coefficient (Wildman–Crippen LogP) is 1.17. The first-order chi connectivity index (χ1) is 5.00. The van der Waals surface area contributed by atoms with Crippen LogP contribution < -0.4 is 5.73 Å². The van der Waals surface area contributed by atoms with Crippen LogP contribution in [0.15, 0.2) is 11.6 Å². The highest BCUT2D eigenvalue weighted by atomic mass is 15.2. The summed E-state index contributed by atoms with van der Waals surface area (Å²) in [6.07, 6.45) is 1.81. The van der Waals surface area contributed by atoms with Gasteiger partial charge in [0.1, 0.15) is 0 Å². The van der Waals surface area contributed by atoms with Gasteiger partial charge < -0.3 is 10.6 Å². The molecule has 0 spiro atoms. The summed E-state index contributed by atoms with van der Waals surface area (Å²) in [5.74, 6) is 0.485. The smallest absolute Gasteiger partial charge is 0.0995 e. The quantitative estimate of drug-likeness (QED) is 0.272. The third-order valence-corrected chi connectivity index (χ3v) is 1.87. The van der Waals surface area contributed by atoms with Crippen LogP contribution in [-0.2, 0) is 0 Å². The van der Waals surface area contributed by atoms with Crippen LogP contribution in [0.5, 0.6) is 0 Å². The number of nitrogens with zero attached hydrogens (tertiary/aromatic N) is 1. The standard InChI is InChI=1S/C8H17N3/c1-5-6(2)8(10)11(4)7(3)9/h5,8-9H,10H2,1-4H3/b6-5-,9-7?. The van der Waals surface area contributed by atoms with Gasteiger partial charge in [0, 0.05) is 7.05 Å². The van der Waals surface area contributed by atoms with Crippen LogP contribution in [0.4, 0.5) is 0 Å². The molecule has 0 aliphatic carbocycles. The topological polar surface area (TPSA) is 53.1 Å². The largest absolute Gasteiger partial charge is 0.345 e. The highest BCUT2D eigenvalue weighted by molar-refractivity contribution is 5.76.